The second-order valence-corrected chi connectivity index (χ2v) is 5.59. The number of aromatic nitrogens is 2. The molecule has 0 atom stereocenters. The van der Waals surface area contributed by atoms with E-state index >= 15 is 0 Å². The average molecular weight is 326 g/mol. The van der Waals surface area contributed by atoms with Crippen LogP contribution in [0.25, 0.3) is 0 Å². The molecule has 0 spiro atoms. The van der Waals surface area contributed by atoms with Gasteiger partial charge < -0.3 is 5.32 Å². The van der Waals surface area contributed by atoms with Gasteiger partial charge in [-0.25, -0.2) is 4.39 Å². The van der Waals surface area contributed by atoms with Crippen molar-refractivity contribution in [3.05, 3.63) is 52.0 Å². The summed E-state index contributed by atoms with van der Waals surface area (Å²) in [5.41, 5.74) is 2.01. The van der Waals surface area contributed by atoms with Crippen LogP contribution in [0.3, 0.4) is 0 Å². The van der Waals surface area contributed by atoms with Gasteiger partial charge in [0.15, 0.2) is 0 Å². The van der Waals surface area contributed by atoms with E-state index in [0.29, 0.717) is 17.1 Å². The molecular weight excluding hydrogens is 309 g/mol. The van der Waals surface area contributed by atoms with E-state index in [2.05, 4.69) is 40.2 Å². The van der Waals surface area contributed by atoms with Gasteiger partial charge in [-0.3, -0.25) is 4.68 Å². The van der Waals surface area contributed by atoms with Crippen LogP contribution in [0.15, 0.2) is 35.1 Å². The lowest BCUT2D eigenvalue weighted by molar-refractivity contribution is 0.587. The summed E-state index contributed by atoms with van der Waals surface area (Å²) >= 11 is 3.27. The van der Waals surface area contributed by atoms with E-state index in [-0.39, 0.29) is 5.82 Å². The Labute approximate surface area is 121 Å². The van der Waals surface area contributed by atoms with Crippen LogP contribution in [0, 0.1) is 5.82 Å². The summed E-state index contributed by atoms with van der Waals surface area (Å²) in [4.78, 5) is 0. The molecule has 1 aromatic heterocycles. The molecule has 2 aromatic rings. The van der Waals surface area contributed by atoms with E-state index in [1.165, 1.54) is 6.07 Å². The third-order valence-corrected chi connectivity index (χ3v) is 3.65. The Morgan fingerprint density at radius 3 is 2.95 bits per heavy atom. The van der Waals surface area contributed by atoms with Crippen LogP contribution < -0.4 is 5.32 Å². The summed E-state index contributed by atoms with van der Waals surface area (Å²) in [6.07, 6.45) is 3.81. The smallest absolute Gasteiger partial charge is 0.137 e. The molecule has 1 aromatic carbocycles. The first kappa shape index (κ1) is 14.2. The molecule has 0 saturated carbocycles. The molecule has 0 unspecified atom stereocenters. The molecule has 3 nitrogen and oxygen atoms in total. The lowest BCUT2D eigenvalue weighted by Crippen LogP contribution is -2.21. The molecule has 19 heavy (non-hydrogen) atoms. The molecule has 0 aliphatic rings. The highest BCUT2D eigenvalue weighted by molar-refractivity contribution is 9.10. The first-order valence-electron chi connectivity index (χ1n) is 6.24. The number of nitrogens with one attached hydrogen (secondary N) is 1. The van der Waals surface area contributed by atoms with E-state index in [1.54, 1.807) is 6.07 Å². The number of benzene rings is 1. The Balaban J connectivity index is 2.05. The van der Waals surface area contributed by atoms with Crippen molar-refractivity contribution in [2.45, 2.75) is 33.0 Å². The van der Waals surface area contributed by atoms with Gasteiger partial charge >= 0.3 is 0 Å². The summed E-state index contributed by atoms with van der Waals surface area (Å²) in [6, 6.07) is 5.48. The Kier molecular flexibility index (Phi) is 4.71. The summed E-state index contributed by atoms with van der Waals surface area (Å²) in [6.45, 7) is 5.56. The minimum Gasteiger partial charge on any atom is -0.310 e. The predicted molar refractivity (Wildman–Crippen MR) is 77.4 cm³/mol. The SMILES string of the molecule is CC(C)NCc1cnn(Cc2cccc(F)c2Br)c1. The van der Waals surface area contributed by atoms with Crippen molar-refractivity contribution in [2.24, 2.45) is 0 Å². The number of nitrogens with zero attached hydrogens (tertiary/aromatic N) is 2. The second-order valence-electron chi connectivity index (χ2n) is 4.79. The van der Waals surface area contributed by atoms with Gasteiger partial charge in [-0.2, -0.15) is 5.10 Å². The van der Waals surface area contributed by atoms with Crippen LogP contribution in [0.1, 0.15) is 25.0 Å². The molecule has 0 saturated heterocycles. The van der Waals surface area contributed by atoms with Crippen LogP contribution in [-0.2, 0) is 13.1 Å². The minimum atomic E-state index is -0.244. The molecule has 0 aliphatic heterocycles. The molecule has 0 amide bonds. The van der Waals surface area contributed by atoms with E-state index < -0.39 is 0 Å². The van der Waals surface area contributed by atoms with E-state index in [9.17, 15) is 4.39 Å². The highest BCUT2D eigenvalue weighted by atomic mass is 79.9. The zero-order valence-electron chi connectivity index (χ0n) is 11.0. The maximum atomic E-state index is 13.4. The van der Waals surface area contributed by atoms with E-state index in [0.717, 1.165) is 17.7 Å². The van der Waals surface area contributed by atoms with Crippen molar-refractivity contribution in [3.8, 4) is 0 Å². The van der Waals surface area contributed by atoms with Gasteiger partial charge in [-0.1, -0.05) is 26.0 Å². The first-order chi connectivity index (χ1) is 9.06. The van der Waals surface area contributed by atoms with Crippen LogP contribution in [0.2, 0.25) is 0 Å². The zero-order chi connectivity index (χ0) is 13.8. The molecule has 0 aliphatic carbocycles. The van der Waals surface area contributed by atoms with Crippen molar-refractivity contribution in [1.29, 1.82) is 0 Å². The van der Waals surface area contributed by atoms with Crippen molar-refractivity contribution in [1.82, 2.24) is 15.1 Å². The monoisotopic (exact) mass is 325 g/mol. The van der Waals surface area contributed by atoms with Crippen molar-refractivity contribution < 1.29 is 4.39 Å². The van der Waals surface area contributed by atoms with Crippen LogP contribution in [0.4, 0.5) is 4.39 Å². The lowest BCUT2D eigenvalue weighted by atomic mass is 10.2. The summed E-state index contributed by atoms with van der Waals surface area (Å²) < 4.78 is 15.7. The Morgan fingerprint density at radius 1 is 1.42 bits per heavy atom. The summed E-state index contributed by atoms with van der Waals surface area (Å²) in [5.74, 6) is -0.244. The average Bonchev–Trinajstić information content (AvgIpc) is 2.80. The van der Waals surface area contributed by atoms with E-state index in [4.69, 9.17) is 0 Å². The molecule has 102 valence electrons. The molecule has 2 rings (SSSR count). The first-order valence-corrected chi connectivity index (χ1v) is 7.03. The van der Waals surface area contributed by atoms with Gasteiger partial charge in [-0.05, 0) is 27.6 Å². The van der Waals surface area contributed by atoms with Crippen LogP contribution >= 0.6 is 15.9 Å². The van der Waals surface area contributed by atoms with Crippen LogP contribution in [-0.4, -0.2) is 15.8 Å². The van der Waals surface area contributed by atoms with Gasteiger partial charge in [0.1, 0.15) is 5.82 Å². The van der Waals surface area contributed by atoms with Gasteiger partial charge in [0.2, 0.25) is 0 Å². The maximum Gasteiger partial charge on any atom is 0.137 e. The number of hydrogen-bond acceptors (Lipinski definition) is 2. The molecular formula is C14H17BrFN3. The molecule has 0 radical (unpaired) electrons. The Bertz CT molecular complexity index is 551. The highest BCUT2D eigenvalue weighted by Crippen LogP contribution is 2.21. The van der Waals surface area contributed by atoms with Crippen molar-refractivity contribution >= 4 is 15.9 Å². The third kappa shape index (κ3) is 3.88. The quantitative estimate of drug-likeness (QED) is 0.913. The van der Waals surface area contributed by atoms with Gasteiger partial charge in [0.25, 0.3) is 0 Å². The molecule has 0 bridgehead atoms. The topological polar surface area (TPSA) is 29.9 Å². The van der Waals surface area contributed by atoms with Crippen LogP contribution in [0.5, 0.6) is 0 Å². The lowest BCUT2D eigenvalue weighted by Gasteiger charge is -2.06. The second kappa shape index (κ2) is 6.30. The van der Waals surface area contributed by atoms with Gasteiger partial charge in [0, 0.05) is 24.3 Å². The molecule has 1 N–H and O–H groups in total. The third-order valence-electron chi connectivity index (χ3n) is 2.77. The maximum absolute atomic E-state index is 13.4. The predicted octanol–water partition coefficient (Wildman–Crippen LogP) is 3.33. The standard InChI is InChI=1S/C14H17BrFN3/c1-10(2)17-6-11-7-18-19(8-11)9-12-4-3-5-13(16)14(12)15/h3-5,7-8,10,17H,6,9H2,1-2H3. The van der Waals surface area contributed by atoms with Crippen molar-refractivity contribution in [2.75, 3.05) is 0 Å². The number of hydrogen-bond donors (Lipinski definition) is 1. The summed E-state index contributed by atoms with van der Waals surface area (Å²) in [5, 5.41) is 7.63. The van der Waals surface area contributed by atoms with E-state index in [1.807, 2.05) is 23.1 Å². The number of halogens is 2. The molecule has 0 fully saturated rings. The molecule has 5 heteroatoms. The van der Waals surface area contributed by atoms with Crippen molar-refractivity contribution in [3.63, 3.8) is 0 Å². The normalized spacial score (nSPS) is 11.2. The fourth-order valence-corrected chi connectivity index (χ4v) is 2.14. The fraction of sp³-hybridized carbons (Fsp3) is 0.357. The minimum absolute atomic E-state index is 0.244. The zero-order valence-corrected chi connectivity index (χ0v) is 12.6. The number of rotatable bonds is 5. The highest BCUT2D eigenvalue weighted by Gasteiger charge is 2.07. The Morgan fingerprint density at radius 2 is 2.21 bits per heavy atom. The Hall–Kier alpha value is -1.20. The van der Waals surface area contributed by atoms with Gasteiger partial charge in [-0.15, -0.1) is 0 Å². The molecule has 1 heterocycles. The fourth-order valence-electron chi connectivity index (χ4n) is 1.75. The van der Waals surface area contributed by atoms with Gasteiger partial charge in [0.05, 0.1) is 17.2 Å². The largest absolute Gasteiger partial charge is 0.310 e. The summed E-state index contributed by atoms with van der Waals surface area (Å²) in [7, 11) is 0.